The Hall–Kier alpha value is -2.23. The number of furan rings is 1. The van der Waals surface area contributed by atoms with E-state index in [0.717, 1.165) is 19.4 Å². The Morgan fingerprint density at radius 1 is 1.29 bits per heavy atom. The summed E-state index contributed by atoms with van der Waals surface area (Å²) < 4.78 is 72.6. The average molecular weight is 324 g/mol. The number of alkyl halides is 3. The van der Waals surface area contributed by atoms with Gasteiger partial charge in [-0.15, -0.1) is 0 Å². The molecule has 0 amide bonds. The Morgan fingerprint density at radius 3 is 2.52 bits per heavy atom. The maximum Gasteiger partial charge on any atom is 0.534 e. The molecule has 0 N–H and O–H groups in total. The summed E-state index contributed by atoms with van der Waals surface area (Å²) in [5.41, 5.74) is -5.87. The van der Waals surface area contributed by atoms with Gasteiger partial charge >= 0.3 is 21.6 Å². The third kappa shape index (κ3) is 2.66. The fourth-order valence-corrected chi connectivity index (χ4v) is 2.02. The van der Waals surface area contributed by atoms with Crippen LogP contribution in [0.5, 0.6) is 5.75 Å². The Bertz CT molecular complexity index is 790. The van der Waals surface area contributed by atoms with Crippen molar-refractivity contribution in [2.75, 3.05) is 7.11 Å². The second kappa shape index (κ2) is 4.95. The van der Waals surface area contributed by atoms with Crippen LogP contribution in [0.2, 0.25) is 0 Å². The van der Waals surface area contributed by atoms with E-state index in [9.17, 15) is 26.4 Å². The van der Waals surface area contributed by atoms with Gasteiger partial charge in [0.2, 0.25) is 0 Å². The van der Waals surface area contributed by atoms with Crippen molar-refractivity contribution in [3.63, 3.8) is 0 Å². The van der Waals surface area contributed by atoms with Gasteiger partial charge in [0.15, 0.2) is 5.75 Å². The number of hydrogen-bond donors (Lipinski definition) is 0. The molecule has 21 heavy (non-hydrogen) atoms. The molecule has 0 saturated carbocycles. The first-order valence-electron chi connectivity index (χ1n) is 5.26. The van der Waals surface area contributed by atoms with Gasteiger partial charge in [0.25, 0.3) is 0 Å². The van der Waals surface area contributed by atoms with Gasteiger partial charge < -0.3 is 13.3 Å². The zero-order valence-corrected chi connectivity index (χ0v) is 11.1. The van der Waals surface area contributed by atoms with Crippen molar-refractivity contribution in [2.45, 2.75) is 5.51 Å². The molecular formula is C11H7F3O6S. The zero-order valence-electron chi connectivity index (χ0n) is 10.3. The molecule has 0 unspecified atom stereocenters. The number of esters is 1. The number of benzene rings is 1. The van der Waals surface area contributed by atoms with E-state index in [0.29, 0.717) is 0 Å². The maximum atomic E-state index is 12.3. The summed E-state index contributed by atoms with van der Waals surface area (Å²) in [4.78, 5) is 11.5. The van der Waals surface area contributed by atoms with Crippen molar-refractivity contribution in [1.29, 1.82) is 0 Å². The minimum Gasteiger partial charge on any atom is -0.465 e. The van der Waals surface area contributed by atoms with Gasteiger partial charge in [-0.25, -0.2) is 4.79 Å². The quantitative estimate of drug-likeness (QED) is 0.490. The predicted octanol–water partition coefficient (Wildman–Crippen LogP) is 2.45. The number of hydrogen-bond acceptors (Lipinski definition) is 6. The summed E-state index contributed by atoms with van der Waals surface area (Å²) in [6, 6.07) is 3.51. The normalized spacial score (nSPS) is 12.4. The molecule has 0 aliphatic carbocycles. The minimum absolute atomic E-state index is 0.0229. The Morgan fingerprint density at radius 2 is 1.95 bits per heavy atom. The smallest absolute Gasteiger partial charge is 0.465 e. The summed E-state index contributed by atoms with van der Waals surface area (Å²) in [6.45, 7) is 0. The fraction of sp³-hybridized carbons (Fsp3) is 0.182. The molecule has 0 saturated heterocycles. The molecule has 1 aromatic heterocycles. The van der Waals surface area contributed by atoms with Crippen LogP contribution in [0.25, 0.3) is 11.0 Å². The van der Waals surface area contributed by atoms with Crippen LogP contribution in [0.4, 0.5) is 13.2 Å². The molecule has 2 rings (SSSR count). The lowest BCUT2D eigenvalue weighted by molar-refractivity contribution is -0.0499. The van der Waals surface area contributed by atoms with E-state index < -0.39 is 27.3 Å². The first kappa shape index (κ1) is 15.2. The third-order valence-corrected chi connectivity index (χ3v) is 3.42. The summed E-state index contributed by atoms with van der Waals surface area (Å²) in [6.07, 6.45) is 0.934. The summed E-state index contributed by atoms with van der Waals surface area (Å²) in [7, 11) is -4.81. The van der Waals surface area contributed by atoms with Gasteiger partial charge in [0.1, 0.15) is 17.4 Å². The molecule has 0 aliphatic rings. The topological polar surface area (TPSA) is 82.8 Å². The second-order valence-electron chi connectivity index (χ2n) is 3.75. The molecule has 6 nitrogen and oxygen atoms in total. The molecule has 1 aromatic carbocycles. The highest BCUT2D eigenvalue weighted by Crippen LogP contribution is 2.34. The van der Waals surface area contributed by atoms with E-state index in [4.69, 9.17) is 4.42 Å². The Labute approximate surface area is 116 Å². The van der Waals surface area contributed by atoms with E-state index in [1.54, 1.807) is 0 Å². The lowest BCUT2D eigenvalue weighted by Crippen LogP contribution is -2.28. The van der Waals surface area contributed by atoms with Crippen molar-refractivity contribution in [1.82, 2.24) is 0 Å². The van der Waals surface area contributed by atoms with E-state index in [1.165, 1.54) is 12.1 Å². The Kier molecular flexibility index (Phi) is 3.58. The first-order valence-corrected chi connectivity index (χ1v) is 6.67. The molecule has 10 heteroatoms. The Balaban J connectivity index is 2.60. The maximum absolute atomic E-state index is 12.3. The molecule has 0 atom stereocenters. The van der Waals surface area contributed by atoms with E-state index in [1.807, 2.05) is 0 Å². The molecule has 0 spiro atoms. The number of carbonyl (C=O) groups is 1. The van der Waals surface area contributed by atoms with Gasteiger partial charge in [-0.1, -0.05) is 6.07 Å². The van der Waals surface area contributed by atoms with Crippen LogP contribution in [0.15, 0.2) is 28.9 Å². The lowest BCUT2D eigenvalue weighted by atomic mass is 10.1. The van der Waals surface area contributed by atoms with Crippen LogP contribution in [-0.4, -0.2) is 27.0 Å². The number of fused-ring (bicyclic) bond motifs is 1. The van der Waals surface area contributed by atoms with E-state index in [2.05, 4.69) is 8.92 Å². The van der Waals surface area contributed by atoms with Gasteiger partial charge in [-0.2, -0.15) is 21.6 Å². The predicted molar refractivity (Wildman–Crippen MR) is 63.2 cm³/mol. The highest BCUT2D eigenvalue weighted by Gasteiger charge is 2.48. The van der Waals surface area contributed by atoms with Crippen LogP contribution >= 0.6 is 0 Å². The van der Waals surface area contributed by atoms with Crippen molar-refractivity contribution in [3.05, 3.63) is 30.0 Å². The van der Waals surface area contributed by atoms with Crippen molar-refractivity contribution >= 4 is 27.1 Å². The van der Waals surface area contributed by atoms with Crippen LogP contribution in [0, 0.1) is 0 Å². The monoisotopic (exact) mass is 324 g/mol. The standard InChI is InChI=1S/C11H7F3O6S/c1-18-10(15)6-5-19-7-3-2-4-8(9(6)7)20-21(16,17)11(12,13)14/h2-5H,1H3. The molecule has 2 aromatic rings. The molecule has 0 aliphatic heterocycles. The highest BCUT2D eigenvalue weighted by molar-refractivity contribution is 7.88. The number of rotatable bonds is 3. The van der Waals surface area contributed by atoms with Gasteiger partial charge in [0, 0.05) is 0 Å². The average Bonchev–Trinajstić information content (AvgIpc) is 2.81. The van der Waals surface area contributed by atoms with Gasteiger partial charge in [-0.05, 0) is 12.1 Å². The molecule has 1 heterocycles. The van der Waals surface area contributed by atoms with E-state index >= 15 is 0 Å². The molecule has 0 fully saturated rings. The van der Waals surface area contributed by atoms with Crippen molar-refractivity contribution in [2.24, 2.45) is 0 Å². The number of carbonyl (C=O) groups excluding carboxylic acids is 1. The summed E-state index contributed by atoms with van der Waals surface area (Å²) in [5, 5.41) is -0.225. The van der Waals surface area contributed by atoms with Crippen LogP contribution in [0.3, 0.4) is 0 Å². The number of halogens is 3. The molecule has 114 valence electrons. The fourth-order valence-electron chi connectivity index (χ4n) is 1.55. The van der Waals surface area contributed by atoms with Crippen LogP contribution in [-0.2, 0) is 14.9 Å². The van der Waals surface area contributed by atoms with Crippen LogP contribution in [0.1, 0.15) is 10.4 Å². The van der Waals surface area contributed by atoms with Gasteiger partial charge in [0.05, 0.1) is 12.5 Å². The highest BCUT2D eigenvalue weighted by atomic mass is 32.2. The van der Waals surface area contributed by atoms with Gasteiger partial charge in [-0.3, -0.25) is 0 Å². The van der Waals surface area contributed by atoms with Crippen molar-refractivity contribution < 1.29 is 39.7 Å². The number of methoxy groups -OCH3 is 1. The summed E-state index contributed by atoms with van der Waals surface area (Å²) >= 11 is 0. The third-order valence-electron chi connectivity index (χ3n) is 2.45. The zero-order chi connectivity index (χ0) is 15.8. The molecule has 0 radical (unpaired) electrons. The lowest BCUT2D eigenvalue weighted by Gasteiger charge is -2.10. The van der Waals surface area contributed by atoms with Crippen molar-refractivity contribution in [3.8, 4) is 5.75 Å². The summed E-state index contributed by atoms with van der Waals surface area (Å²) in [5.74, 6) is -1.59. The largest absolute Gasteiger partial charge is 0.534 e. The molecule has 0 bridgehead atoms. The number of ether oxygens (including phenoxy) is 1. The second-order valence-corrected chi connectivity index (χ2v) is 5.29. The van der Waals surface area contributed by atoms with Crippen LogP contribution < -0.4 is 4.18 Å². The first-order chi connectivity index (χ1) is 9.67. The SMILES string of the molecule is COC(=O)c1coc2cccc(OS(=O)(=O)C(F)(F)F)c12. The minimum atomic E-state index is -5.86. The molecular weight excluding hydrogens is 317 g/mol. The van der Waals surface area contributed by atoms with E-state index in [-0.39, 0.29) is 16.5 Å².